The third-order valence-corrected chi connectivity index (χ3v) is 5.99. The molecule has 1 aromatic heterocycles. The number of phenols is 2. The maximum atomic E-state index is 13.4. The lowest BCUT2D eigenvalue weighted by Crippen LogP contribution is -2.43. The normalized spacial score (nSPS) is 14.5. The summed E-state index contributed by atoms with van der Waals surface area (Å²) in [4.78, 5) is 20.3. The summed E-state index contributed by atoms with van der Waals surface area (Å²) in [5, 5.41) is 22.6. The molecule has 3 aromatic carbocycles. The van der Waals surface area contributed by atoms with Gasteiger partial charge in [0, 0.05) is 37.3 Å². The van der Waals surface area contributed by atoms with Crippen LogP contribution in [-0.4, -0.2) is 41.2 Å². The second-order valence-corrected chi connectivity index (χ2v) is 8.59. The fourth-order valence-electron chi connectivity index (χ4n) is 4.11. The molecule has 0 fully saturated rings. The lowest BCUT2D eigenvalue weighted by Gasteiger charge is -2.13. The highest BCUT2D eigenvalue weighted by molar-refractivity contribution is 5.87. The first-order valence-electron chi connectivity index (χ1n) is 11.0. The Morgan fingerprint density at radius 1 is 0.882 bits per heavy atom. The second kappa shape index (κ2) is 8.51. The van der Waals surface area contributed by atoms with Crippen LogP contribution in [0.15, 0.2) is 79.0 Å². The number of hydrogen-bond donors (Lipinski definition) is 3. The third kappa shape index (κ3) is 4.03. The number of aromatic hydroxyl groups is 2. The van der Waals surface area contributed by atoms with Crippen LogP contribution in [0, 0.1) is 0 Å². The van der Waals surface area contributed by atoms with Crippen LogP contribution in [-0.2, 0) is 6.42 Å². The fraction of sp³-hybridized carbons (Fsp3) is 0.148. The SMILES string of the molecule is CN(C)c1ccc(-c2nc(-c3ccc(O)cc3)c[n+]3c2NC(Cc2ccc(O)cc2)C3=O)cc1. The molecule has 0 amide bonds. The van der Waals surface area contributed by atoms with E-state index in [9.17, 15) is 15.0 Å². The molecule has 1 aliphatic heterocycles. The van der Waals surface area contributed by atoms with Crippen LogP contribution in [0.1, 0.15) is 10.4 Å². The van der Waals surface area contributed by atoms with Crippen LogP contribution in [0.2, 0.25) is 0 Å². The van der Waals surface area contributed by atoms with Gasteiger partial charge in [-0.1, -0.05) is 24.3 Å². The molecule has 0 aliphatic carbocycles. The van der Waals surface area contributed by atoms with Crippen LogP contribution < -0.4 is 14.8 Å². The van der Waals surface area contributed by atoms with E-state index in [4.69, 9.17) is 4.98 Å². The summed E-state index contributed by atoms with van der Waals surface area (Å²) < 4.78 is 1.63. The number of rotatable bonds is 5. The van der Waals surface area contributed by atoms with Crippen molar-refractivity contribution in [3.05, 3.63) is 84.6 Å². The van der Waals surface area contributed by atoms with Crippen molar-refractivity contribution >= 4 is 17.4 Å². The smallest absolute Gasteiger partial charge is 0.359 e. The molecule has 1 aliphatic rings. The molecule has 7 heteroatoms. The van der Waals surface area contributed by atoms with Gasteiger partial charge in [-0.25, -0.2) is 9.78 Å². The minimum atomic E-state index is -0.457. The summed E-state index contributed by atoms with van der Waals surface area (Å²) in [5.74, 6) is 0.938. The first kappa shape index (κ1) is 21.5. The molecule has 4 aromatic rings. The molecule has 0 saturated carbocycles. The molecule has 0 saturated heterocycles. The number of anilines is 2. The lowest BCUT2D eigenvalue weighted by atomic mass is 10.1. The van der Waals surface area contributed by atoms with Crippen molar-refractivity contribution in [1.82, 2.24) is 4.98 Å². The van der Waals surface area contributed by atoms with E-state index < -0.39 is 6.04 Å². The van der Waals surface area contributed by atoms with E-state index >= 15 is 0 Å². The van der Waals surface area contributed by atoms with Gasteiger partial charge in [0.2, 0.25) is 0 Å². The lowest BCUT2D eigenvalue weighted by molar-refractivity contribution is -0.551. The number of carbonyl (C=O) groups excluding carboxylic acids is 1. The monoisotopic (exact) mass is 453 g/mol. The van der Waals surface area contributed by atoms with Gasteiger partial charge in [0.15, 0.2) is 11.7 Å². The molecular formula is C27H25N4O3+. The second-order valence-electron chi connectivity index (χ2n) is 8.59. The summed E-state index contributed by atoms with van der Waals surface area (Å²) in [7, 11) is 3.97. The molecule has 0 radical (unpaired) electrons. The van der Waals surface area contributed by atoms with Crippen LogP contribution >= 0.6 is 0 Å². The highest BCUT2D eigenvalue weighted by Gasteiger charge is 2.41. The summed E-state index contributed by atoms with van der Waals surface area (Å²) in [6, 6.07) is 21.2. The number of benzene rings is 3. The first-order valence-corrected chi connectivity index (χ1v) is 11.0. The van der Waals surface area contributed by atoms with E-state index in [2.05, 4.69) is 5.32 Å². The van der Waals surface area contributed by atoms with Crippen molar-refractivity contribution in [2.45, 2.75) is 12.5 Å². The largest absolute Gasteiger partial charge is 0.508 e. The van der Waals surface area contributed by atoms with Gasteiger partial charge in [-0.05, 0) is 54.1 Å². The van der Waals surface area contributed by atoms with Crippen LogP contribution in [0.3, 0.4) is 0 Å². The van der Waals surface area contributed by atoms with Crippen molar-refractivity contribution in [2.24, 2.45) is 0 Å². The van der Waals surface area contributed by atoms with Gasteiger partial charge in [0.25, 0.3) is 0 Å². The Morgan fingerprint density at radius 3 is 2.09 bits per heavy atom. The van der Waals surface area contributed by atoms with Crippen molar-refractivity contribution in [3.8, 4) is 34.0 Å². The van der Waals surface area contributed by atoms with E-state index in [-0.39, 0.29) is 17.4 Å². The molecule has 170 valence electrons. The minimum absolute atomic E-state index is 0.0725. The average molecular weight is 454 g/mol. The molecule has 5 rings (SSSR count). The molecule has 1 unspecified atom stereocenters. The van der Waals surface area contributed by atoms with Gasteiger partial charge < -0.3 is 15.1 Å². The van der Waals surface area contributed by atoms with Gasteiger partial charge in [0.05, 0.1) is 0 Å². The highest BCUT2D eigenvalue weighted by Crippen LogP contribution is 2.31. The Balaban J connectivity index is 1.58. The topological polar surface area (TPSA) is 89.6 Å². The molecule has 2 heterocycles. The molecule has 0 spiro atoms. The number of nitrogens with zero attached hydrogens (tertiary/aromatic N) is 3. The third-order valence-electron chi connectivity index (χ3n) is 5.99. The van der Waals surface area contributed by atoms with Gasteiger partial charge in [-0.3, -0.25) is 5.32 Å². The summed E-state index contributed by atoms with van der Waals surface area (Å²) in [6.07, 6.45) is 2.22. The van der Waals surface area contributed by atoms with E-state index in [1.807, 2.05) is 55.4 Å². The van der Waals surface area contributed by atoms with Crippen molar-refractivity contribution in [1.29, 1.82) is 0 Å². The molecule has 1 atom stereocenters. The summed E-state index contributed by atoms with van der Waals surface area (Å²) in [5.41, 5.74) is 5.01. The Hall–Kier alpha value is -4.39. The van der Waals surface area contributed by atoms with E-state index in [0.29, 0.717) is 23.6 Å². The number of nitrogens with one attached hydrogen (secondary N) is 1. The summed E-state index contributed by atoms with van der Waals surface area (Å²) >= 11 is 0. The van der Waals surface area contributed by atoms with Gasteiger partial charge in [-0.15, -0.1) is 0 Å². The Morgan fingerprint density at radius 2 is 1.47 bits per heavy atom. The quantitative estimate of drug-likeness (QED) is 0.398. The number of hydrogen-bond acceptors (Lipinski definition) is 6. The van der Waals surface area contributed by atoms with Crippen molar-refractivity contribution < 1.29 is 19.6 Å². The standard InChI is InChI=1S/C27H24N4O3/c1-30(2)20-9-5-19(6-10-20)25-26-29-23(15-17-3-11-21(32)12-4-17)27(34)31(26)16-24(28-25)18-7-13-22(33)14-8-18/h3-14,16,23,32-33H,15H2,1-2H3/p+1. The van der Waals surface area contributed by atoms with E-state index in [0.717, 1.165) is 22.4 Å². The zero-order chi connectivity index (χ0) is 23.8. The zero-order valence-electron chi connectivity index (χ0n) is 18.9. The molecular weight excluding hydrogens is 428 g/mol. The predicted molar refractivity (Wildman–Crippen MR) is 131 cm³/mol. The number of phenolic OH excluding ortho intramolecular Hbond substituents is 2. The van der Waals surface area contributed by atoms with Crippen molar-refractivity contribution in [2.75, 3.05) is 24.3 Å². The summed E-state index contributed by atoms with van der Waals surface area (Å²) in [6.45, 7) is 0. The fourth-order valence-corrected chi connectivity index (χ4v) is 4.11. The van der Waals surface area contributed by atoms with Gasteiger partial charge in [-0.2, -0.15) is 4.57 Å². The van der Waals surface area contributed by atoms with Gasteiger partial charge >= 0.3 is 11.7 Å². The Kier molecular flexibility index (Phi) is 5.37. The Bertz CT molecular complexity index is 1350. The minimum Gasteiger partial charge on any atom is -0.508 e. The van der Waals surface area contributed by atoms with Crippen LogP contribution in [0.25, 0.3) is 22.5 Å². The highest BCUT2D eigenvalue weighted by atomic mass is 16.3. The maximum Gasteiger partial charge on any atom is 0.359 e. The maximum absolute atomic E-state index is 13.4. The van der Waals surface area contributed by atoms with Crippen molar-refractivity contribution in [3.63, 3.8) is 0 Å². The number of aromatic nitrogens is 2. The van der Waals surface area contributed by atoms with E-state index in [1.165, 1.54) is 0 Å². The van der Waals surface area contributed by atoms with Gasteiger partial charge in [0.1, 0.15) is 23.4 Å². The predicted octanol–water partition coefficient (Wildman–Crippen LogP) is 3.86. The molecule has 7 nitrogen and oxygen atoms in total. The zero-order valence-corrected chi connectivity index (χ0v) is 18.9. The van der Waals surface area contributed by atoms with Crippen LogP contribution in [0.4, 0.5) is 11.5 Å². The number of fused-ring (bicyclic) bond motifs is 1. The van der Waals surface area contributed by atoms with Crippen LogP contribution in [0.5, 0.6) is 11.5 Å². The Labute approximate surface area is 197 Å². The average Bonchev–Trinajstić information content (AvgIpc) is 3.15. The molecule has 0 bridgehead atoms. The first-order chi connectivity index (χ1) is 16.4. The molecule has 34 heavy (non-hydrogen) atoms. The van der Waals surface area contributed by atoms with E-state index in [1.54, 1.807) is 47.2 Å². The number of carbonyl (C=O) groups is 1. The molecule has 3 N–H and O–H groups in total.